The molecule has 0 saturated heterocycles. The summed E-state index contributed by atoms with van der Waals surface area (Å²) in [5.41, 5.74) is 0. The highest BCUT2D eigenvalue weighted by Crippen LogP contribution is 2.43. The molecule has 0 spiro atoms. The number of carbonyl (C=O) groups is 2. The van der Waals surface area contributed by atoms with Gasteiger partial charge < -0.3 is 29.7 Å². The molecule has 0 amide bonds. The Balaban J connectivity index is 4.51. The zero-order valence-electron chi connectivity index (χ0n) is 35.6. The first-order chi connectivity index (χ1) is 28.1. The van der Waals surface area contributed by atoms with Gasteiger partial charge in [0.05, 0.1) is 25.9 Å². The lowest BCUT2D eigenvalue weighted by Gasteiger charge is -2.20. The first kappa shape index (κ1) is 55.1. The number of unbranched alkanes of at least 4 members (excludes halogenated alkanes) is 11. The molecule has 58 heavy (non-hydrogen) atoms. The van der Waals surface area contributed by atoms with Gasteiger partial charge in [0.2, 0.25) is 0 Å². The molecule has 0 radical (unpaired) electrons. The monoisotopic (exact) mass is 837 g/mol. The van der Waals surface area contributed by atoms with Crippen molar-refractivity contribution >= 4 is 19.8 Å². The summed E-state index contributed by atoms with van der Waals surface area (Å²) in [4.78, 5) is 34.9. The maximum atomic E-state index is 12.6. The minimum atomic E-state index is -4.66. The Morgan fingerprint density at radius 2 is 1.17 bits per heavy atom. The van der Waals surface area contributed by atoms with Gasteiger partial charge in [-0.1, -0.05) is 150 Å². The number of aliphatic hydroxyl groups excluding tert-OH is 3. The predicted molar refractivity (Wildman–Crippen MR) is 234 cm³/mol. The van der Waals surface area contributed by atoms with Crippen molar-refractivity contribution in [3.63, 3.8) is 0 Å². The Kier molecular flexibility index (Phi) is 38.8. The number of hydrogen-bond acceptors (Lipinski definition) is 10. The lowest BCUT2D eigenvalue weighted by Crippen LogP contribution is -2.29. The van der Waals surface area contributed by atoms with Crippen molar-refractivity contribution < 1.29 is 52.9 Å². The Hall–Kier alpha value is -2.89. The average molecular weight is 837 g/mol. The van der Waals surface area contributed by atoms with Crippen LogP contribution in [-0.2, 0) is 32.7 Å². The maximum Gasteiger partial charge on any atom is 0.472 e. The van der Waals surface area contributed by atoms with Crippen molar-refractivity contribution in [2.45, 2.75) is 167 Å². The van der Waals surface area contributed by atoms with Crippen molar-refractivity contribution in [3.05, 3.63) is 85.1 Å². The Labute approximate surface area is 350 Å². The summed E-state index contributed by atoms with van der Waals surface area (Å²) >= 11 is 0. The second kappa shape index (κ2) is 40.9. The first-order valence-corrected chi connectivity index (χ1v) is 23.1. The molecule has 4 atom stereocenters. The van der Waals surface area contributed by atoms with Gasteiger partial charge in [0.1, 0.15) is 12.7 Å². The average Bonchev–Trinajstić information content (AvgIpc) is 3.21. The summed E-state index contributed by atoms with van der Waals surface area (Å²) < 4.78 is 32.6. The van der Waals surface area contributed by atoms with Gasteiger partial charge in [-0.15, -0.1) is 0 Å². The van der Waals surface area contributed by atoms with Gasteiger partial charge in [-0.25, -0.2) is 4.57 Å². The quantitative estimate of drug-likeness (QED) is 0.0153. The van der Waals surface area contributed by atoms with Gasteiger partial charge in [0.15, 0.2) is 6.10 Å². The molecule has 0 rings (SSSR count). The summed E-state index contributed by atoms with van der Waals surface area (Å²) in [5.74, 6) is -1.07. The third kappa shape index (κ3) is 39.9. The number of carbonyl (C=O) groups excluding carboxylic acids is 2. The molecule has 332 valence electrons. The van der Waals surface area contributed by atoms with Gasteiger partial charge in [0, 0.05) is 12.8 Å². The highest BCUT2D eigenvalue weighted by atomic mass is 31.2. The van der Waals surface area contributed by atoms with Gasteiger partial charge in [0.25, 0.3) is 0 Å². The first-order valence-electron chi connectivity index (χ1n) is 21.7. The van der Waals surface area contributed by atoms with E-state index in [9.17, 15) is 29.3 Å². The lowest BCUT2D eigenvalue weighted by atomic mass is 10.1. The van der Waals surface area contributed by atoms with Crippen LogP contribution >= 0.6 is 7.82 Å². The fourth-order valence-electron chi connectivity index (χ4n) is 5.27. The van der Waals surface area contributed by atoms with Crippen LogP contribution in [0.2, 0.25) is 0 Å². The van der Waals surface area contributed by atoms with E-state index in [0.29, 0.717) is 25.7 Å². The van der Waals surface area contributed by atoms with Crippen LogP contribution in [0.3, 0.4) is 0 Å². The lowest BCUT2D eigenvalue weighted by molar-refractivity contribution is -0.161. The molecule has 0 aliphatic heterocycles. The molecule has 0 aromatic rings. The smallest absolute Gasteiger partial charge is 0.462 e. The van der Waals surface area contributed by atoms with E-state index in [1.165, 1.54) is 51.4 Å². The minimum Gasteiger partial charge on any atom is -0.462 e. The molecule has 0 saturated carbocycles. The van der Waals surface area contributed by atoms with Crippen molar-refractivity contribution in [3.8, 4) is 0 Å². The highest BCUT2D eigenvalue weighted by Gasteiger charge is 2.27. The topological polar surface area (TPSA) is 169 Å². The molecule has 4 N–H and O–H groups in total. The summed E-state index contributed by atoms with van der Waals surface area (Å²) in [6.07, 6.45) is 44.4. The van der Waals surface area contributed by atoms with Crippen LogP contribution in [-0.4, -0.2) is 76.9 Å². The molecule has 0 aromatic heterocycles. The van der Waals surface area contributed by atoms with Crippen LogP contribution in [0.15, 0.2) is 85.1 Å². The van der Waals surface area contributed by atoms with Gasteiger partial charge in [-0.3, -0.25) is 18.6 Å². The van der Waals surface area contributed by atoms with Crippen molar-refractivity contribution in [2.24, 2.45) is 0 Å². The number of aliphatic hydroxyl groups is 3. The van der Waals surface area contributed by atoms with E-state index in [1.54, 1.807) is 6.08 Å². The van der Waals surface area contributed by atoms with E-state index >= 15 is 0 Å². The largest absolute Gasteiger partial charge is 0.472 e. The third-order valence-electron chi connectivity index (χ3n) is 8.63. The van der Waals surface area contributed by atoms with Crippen LogP contribution in [0.4, 0.5) is 0 Å². The zero-order valence-corrected chi connectivity index (χ0v) is 36.5. The molecule has 11 nitrogen and oxygen atoms in total. The fraction of sp³-hybridized carbons (Fsp3) is 0.652. The number of rotatable bonds is 39. The summed E-state index contributed by atoms with van der Waals surface area (Å²) in [5, 5.41) is 28.3. The van der Waals surface area contributed by atoms with E-state index in [4.69, 9.17) is 19.1 Å². The molecular weight excluding hydrogens is 759 g/mol. The molecule has 0 heterocycles. The molecular formula is C46H77O11P. The molecule has 2 unspecified atom stereocenters. The number of esters is 2. The van der Waals surface area contributed by atoms with Crippen LogP contribution in [0.1, 0.15) is 149 Å². The number of allylic oxidation sites excluding steroid dienone is 12. The zero-order chi connectivity index (χ0) is 42.8. The summed E-state index contributed by atoms with van der Waals surface area (Å²) in [7, 11) is -4.66. The number of hydrogen-bond donors (Lipinski definition) is 4. The number of ether oxygens (including phenoxy) is 2. The predicted octanol–water partition coefficient (Wildman–Crippen LogP) is 10.4. The Bertz CT molecular complexity index is 1250. The van der Waals surface area contributed by atoms with Crippen LogP contribution < -0.4 is 0 Å². The van der Waals surface area contributed by atoms with E-state index in [2.05, 4.69) is 42.7 Å². The minimum absolute atomic E-state index is 0.0308. The van der Waals surface area contributed by atoms with Gasteiger partial charge in [-0.2, -0.15) is 0 Å². The van der Waals surface area contributed by atoms with Crippen molar-refractivity contribution in [1.29, 1.82) is 0 Å². The normalized spacial score (nSPS) is 15.2. The second-order valence-electron chi connectivity index (χ2n) is 14.2. The molecule has 0 aliphatic rings. The van der Waals surface area contributed by atoms with E-state index in [-0.39, 0.29) is 19.4 Å². The second-order valence-corrected chi connectivity index (χ2v) is 15.6. The SMILES string of the molecule is CC/C=C\C/C=C\CC(O)/C=C/C=C\C/C=C\C/C=C\CCC(=O)O[C@H](COC(=O)CCCCCCCCC/C=C\CCCCCC)COP(=O)(O)OC[C@@H](O)CO. The van der Waals surface area contributed by atoms with Crippen molar-refractivity contribution in [1.82, 2.24) is 0 Å². The number of phosphoric acid groups is 1. The fourth-order valence-corrected chi connectivity index (χ4v) is 6.06. The van der Waals surface area contributed by atoms with Crippen molar-refractivity contribution in [2.75, 3.05) is 26.4 Å². The summed E-state index contributed by atoms with van der Waals surface area (Å²) in [6, 6.07) is 0. The third-order valence-corrected chi connectivity index (χ3v) is 9.58. The van der Waals surface area contributed by atoms with Gasteiger partial charge >= 0.3 is 19.8 Å². The van der Waals surface area contributed by atoms with Gasteiger partial charge in [-0.05, 0) is 70.6 Å². The Morgan fingerprint density at radius 1 is 0.603 bits per heavy atom. The molecule has 12 heteroatoms. The maximum absolute atomic E-state index is 12.6. The van der Waals surface area contributed by atoms with E-state index < -0.39 is 57.9 Å². The van der Waals surface area contributed by atoms with E-state index in [1.807, 2.05) is 54.7 Å². The van der Waals surface area contributed by atoms with Crippen LogP contribution in [0, 0.1) is 0 Å². The summed E-state index contributed by atoms with van der Waals surface area (Å²) in [6.45, 7) is 2.06. The van der Waals surface area contributed by atoms with Crippen LogP contribution in [0.25, 0.3) is 0 Å². The van der Waals surface area contributed by atoms with Crippen LogP contribution in [0.5, 0.6) is 0 Å². The molecule has 0 aliphatic carbocycles. The molecule has 0 bridgehead atoms. The highest BCUT2D eigenvalue weighted by molar-refractivity contribution is 7.47. The number of phosphoric ester groups is 1. The Morgan fingerprint density at radius 3 is 1.84 bits per heavy atom. The van der Waals surface area contributed by atoms with E-state index in [0.717, 1.165) is 44.9 Å². The molecule has 0 aromatic carbocycles. The molecule has 0 fully saturated rings. The standard InChI is InChI=1S/C46H77O11P/c1-3-5-7-9-11-12-13-14-15-16-17-21-24-28-32-36-45(50)54-40-44(41-56-58(52,53)55-39-43(49)38-47)57-46(51)37-33-29-25-22-19-18-20-23-27-31-35-42(48)34-30-26-10-8-6-4-2/h6,8,12-13,18-19,23,25-27,29-31,35,42-44,47-49H,3-5,7,9-11,14-17,20-22,24,28,32-34,36-41H2,1-2H3,(H,52,53)/b8-6-,13-12-,19-18-,27-23-,29-25-,30-26-,35-31+/t42?,43-,44+/m0/s1.